The molecule has 2 bridgehead atoms. The van der Waals surface area contributed by atoms with Gasteiger partial charge in [-0.2, -0.15) is 5.10 Å². The number of Topliss-reactive ketones (excluding diaryl/α,β-unsaturated/α-hetero) is 1. The molecule has 1 amide bonds. The summed E-state index contributed by atoms with van der Waals surface area (Å²) >= 11 is 0. The Morgan fingerprint density at radius 1 is 1.41 bits per heavy atom. The van der Waals surface area contributed by atoms with Crippen LogP contribution in [-0.2, 0) is 21.4 Å². The summed E-state index contributed by atoms with van der Waals surface area (Å²) in [4.78, 5) is 25.1. The molecule has 0 radical (unpaired) electrons. The first-order valence-corrected chi connectivity index (χ1v) is 11.2. The molecular formula is C19H24N4O5S. The number of nitrogens with one attached hydrogen (secondary N) is 3. The Morgan fingerprint density at radius 2 is 2.21 bits per heavy atom. The van der Waals surface area contributed by atoms with Crippen LogP contribution in [0, 0.1) is 16.7 Å². The highest BCUT2D eigenvalue weighted by atomic mass is 32.2. The average Bonchev–Trinajstić information content (AvgIpc) is 3.38. The minimum Gasteiger partial charge on any atom is -0.467 e. The molecule has 2 aromatic rings. The second-order valence-corrected chi connectivity index (χ2v) is 10.2. The highest BCUT2D eigenvalue weighted by Gasteiger charge is 2.65. The maximum absolute atomic E-state index is 12.9. The summed E-state index contributed by atoms with van der Waals surface area (Å²) in [5.41, 5.74) is -1.19. The van der Waals surface area contributed by atoms with Gasteiger partial charge in [0.05, 0.1) is 35.9 Å². The predicted molar refractivity (Wildman–Crippen MR) is 104 cm³/mol. The van der Waals surface area contributed by atoms with Crippen molar-refractivity contribution in [3.63, 3.8) is 0 Å². The van der Waals surface area contributed by atoms with Gasteiger partial charge in [-0.1, -0.05) is 13.8 Å². The summed E-state index contributed by atoms with van der Waals surface area (Å²) in [7, 11) is -3.88. The van der Waals surface area contributed by atoms with Gasteiger partial charge in [0.15, 0.2) is 0 Å². The first-order valence-electron chi connectivity index (χ1n) is 9.52. The number of furan rings is 1. The van der Waals surface area contributed by atoms with Gasteiger partial charge >= 0.3 is 0 Å². The molecule has 1 unspecified atom stereocenters. The molecule has 2 aliphatic carbocycles. The van der Waals surface area contributed by atoms with Crippen LogP contribution in [0.1, 0.15) is 49.4 Å². The van der Waals surface area contributed by atoms with Crippen LogP contribution in [0.25, 0.3) is 0 Å². The van der Waals surface area contributed by atoms with Gasteiger partial charge < -0.3 is 9.73 Å². The van der Waals surface area contributed by atoms with Gasteiger partial charge in [-0.25, -0.2) is 8.42 Å². The number of amides is 1. The SMILES string of the molecule is CC1(C)C2CC[C@]1(CS(=O)(=O)Nc1cn[nH]c1C(=O)NCc1ccco1)C(=O)C2. The molecule has 2 atom stereocenters. The molecule has 2 heterocycles. The minimum absolute atomic E-state index is 0.000983. The molecule has 0 saturated heterocycles. The smallest absolute Gasteiger partial charge is 0.271 e. The van der Waals surface area contributed by atoms with Crippen LogP contribution in [0.5, 0.6) is 0 Å². The van der Waals surface area contributed by atoms with E-state index in [-0.39, 0.29) is 40.8 Å². The fraction of sp³-hybridized carbons (Fsp3) is 0.526. The maximum atomic E-state index is 12.9. The number of fused-ring (bicyclic) bond motifs is 2. The lowest BCUT2D eigenvalue weighted by Gasteiger charge is -2.36. The number of sulfonamides is 1. The van der Waals surface area contributed by atoms with Crippen molar-refractivity contribution in [2.75, 3.05) is 10.5 Å². The van der Waals surface area contributed by atoms with E-state index in [1.165, 1.54) is 12.5 Å². The van der Waals surface area contributed by atoms with E-state index >= 15 is 0 Å². The number of carbonyl (C=O) groups excluding carboxylic acids is 2. The third-order valence-corrected chi connectivity index (χ3v) is 8.11. The van der Waals surface area contributed by atoms with E-state index < -0.39 is 21.3 Å². The van der Waals surface area contributed by atoms with Crippen LogP contribution in [0.4, 0.5) is 5.69 Å². The Bertz CT molecular complexity index is 1040. The molecular weight excluding hydrogens is 396 g/mol. The highest BCUT2D eigenvalue weighted by molar-refractivity contribution is 7.92. The Morgan fingerprint density at radius 3 is 2.83 bits per heavy atom. The highest BCUT2D eigenvalue weighted by Crippen LogP contribution is 2.64. The normalized spacial score (nSPS) is 25.3. The molecule has 2 saturated carbocycles. The number of ketones is 1. The van der Waals surface area contributed by atoms with E-state index in [1.54, 1.807) is 12.1 Å². The summed E-state index contributed by atoms with van der Waals surface area (Å²) in [6, 6.07) is 3.42. The van der Waals surface area contributed by atoms with Gasteiger partial charge in [-0.3, -0.25) is 19.4 Å². The lowest BCUT2D eigenvalue weighted by molar-refractivity contribution is -0.128. The number of rotatable bonds is 7. The predicted octanol–water partition coefficient (Wildman–Crippen LogP) is 2.07. The fourth-order valence-corrected chi connectivity index (χ4v) is 6.73. The van der Waals surface area contributed by atoms with Crippen LogP contribution in [-0.4, -0.2) is 36.1 Å². The lowest BCUT2D eigenvalue weighted by Crippen LogP contribution is -2.43. The molecule has 0 spiro atoms. The minimum atomic E-state index is -3.88. The molecule has 2 aliphatic rings. The van der Waals surface area contributed by atoms with Gasteiger partial charge in [0.25, 0.3) is 5.91 Å². The fourth-order valence-electron chi connectivity index (χ4n) is 4.84. The number of aromatic amines is 1. The monoisotopic (exact) mass is 420 g/mol. The molecule has 2 fully saturated rings. The Labute approximate surface area is 168 Å². The molecule has 156 valence electrons. The van der Waals surface area contributed by atoms with Crippen molar-refractivity contribution in [3.8, 4) is 0 Å². The molecule has 0 aromatic carbocycles. The van der Waals surface area contributed by atoms with Crippen molar-refractivity contribution in [1.82, 2.24) is 15.5 Å². The van der Waals surface area contributed by atoms with Crippen molar-refractivity contribution in [3.05, 3.63) is 36.0 Å². The number of hydrogen-bond donors (Lipinski definition) is 3. The largest absolute Gasteiger partial charge is 0.467 e. The number of nitrogens with zero attached hydrogens (tertiary/aromatic N) is 1. The molecule has 3 N–H and O–H groups in total. The first-order chi connectivity index (χ1) is 13.6. The van der Waals surface area contributed by atoms with E-state index in [9.17, 15) is 18.0 Å². The van der Waals surface area contributed by atoms with Crippen LogP contribution < -0.4 is 10.0 Å². The number of H-pyrrole nitrogens is 1. The first kappa shape index (κ1) is 19.7. The maximum Gasteiger partial charge on any atom is 0.271 e. The summed E-state index contributed by atoms with van der Waals surface area (Å²) < 4.78 is 33.5. The number of carbonyl (C=O) groups is 2. The van der Waals surface area contributed by atoms with Crippen molar-refractivity contribution in [2.24, 2.45) is 16.7 Å². The third kappa shape index (κ3) is 3.25. The van der Waals surface area contributed by atoms with Crippen LogP contribution in [0.15, 0.2) is 29.0 Å². The Balaban J connectivity index is 1.49. The van der Waals surface area contributed by atoms with E-state index in [1.807, 2.05) is 13.8 Å². The standard InChI is InChI=1S/C19H24N4O5S/c1-18(2)12-5-6-19(18,15(24)8-12)11-29(26,27)23-14-10-21-22-16(14)17(25)20-9-13-4-3-7-28-13/h3-4,7,10,12,23H,5-6,8-9,11H2,1-2H3,(H,20,25)(H,21,22)/t12?,19-/m0/s1. The van der Waals surface area contributed by atoms with E-state index in [4.69, 9.17) is 4.42 Å². The quantitative estimate of drug-likeness (QED) is 0.628. The van der Waals surface area contributed by atoms with E-state index in [0.29, 0.717) is 18.6 Å². The van der Waals surface area contributed by atoms with Crippen LogP contribution in [0.2, 0.25) is 0 Å². The van der Waals surface area contributed by atoms with Gasteiger partial charge in [0.2, 0.25) is 10.0 Å². The molecule has 29 heavy (non-hydrogen) atoms. The van der Waals surface area contributed by atoms with Gasteiger partial charge in [0.1, 0.15) is 17.2 Å². The molecule has 4 rings (SSSR count). The van der Waals surface area contributed by atoms with Crippen molar-refractivity contribution in [2.45, 2.75) is 39.7 Å². The topological polar surface area (TPSA) is 134 Å². The van der Waals surface area contributed by atoms with Crippen molar-refractivity contribution < 1.29 is 22.4 Å². The average molecular weight is 420 g/mol. The summed E-state index contributed by atoms with van der Waals surface area (Å²) in [5, 5.41) is 8.95. The number of hydrogen-bond acceptors (Lipinski definition) is 6. The van der Waals surface area contributed by atoms with Crippen molar-refractivity contribution in [1.29, 1.82) is 0 Å². The zero-order chi connectivity index (χ0) is 20.9. The zero-order valence-corrected chi connectivity index (χ0v) is 17.1. The van der Waals surface area contributed by atoms with E-state index in [2.05, 4.69) is 20.2 Å². The molecule has 2 aromatic heterocycles. The van der Waals surface area contributed by atoms with E-state index in [0.717, 1.165) is 6.42 Å². The summed E-state index contributed by atoms with van der Waals surface area (Å²) in [5.74, 6) is 0.000613. The van der Waals surface area contributed by atoms with Gasteiger partial charge in [0, 0.05) is 6.42 Å². The number of anilines is 1. The lowest BCUT2D eigenvalue weighted by atomic mass is 9.70. The summed E-state index contributed by atoms with van der Waals surface area (Å²) in [6.45, 7) is 4.12. The second-order valence-electron chi connectivity index (χ2n) is 8.45. The zero-order valence-electron chi connectivity index (χ0n) is 16.3. The Kier molecular flexibility index (Phi) is 4.56. The van der Waals surface area contributed by atoms with Crippen LogP contribution >= 0.6 is 0 Å². The molecule has 10 heteroatoms. The van der Waals surface area contributed by atoms with Crippen molar-refractivity contribution >= 4 is 27.4 Å². The second kappa shape index (κ2) is 6.72. The van der Waals surface area contributed by atoms with Crippen LogP contribution in [0.3, 0.4) is 0 Å². The van der Waals surface area contributed by atoms with Gasteiger partial charge in [-0.05, 0) is 36.3 Å². The molecule has 9 nitrogen and oxygen atoms in total. The summed E-state index contributed by atoms with van der Waals surface area (Å²) in [6.07, 6.45) is 4.62. The number of aromatic nitrogens is 2. The third-order valence-electron chi connectivity index (χ3n) is 6.71. The molecule has 0 aliphatic heterocycles. The van der Waals surface area contributed by atoms with Gasteiger partial charge in [-0.15, -0.1) is 0 Å². The Hall–Kier alpha value is -2.62.